The molecule has 0 spiro atoms. The van der Waals surface area contributed by atoms with Crippen molar-refractivity contribution in [2.45, 2.75) is 20.0 Å². The van der Waals surface area contributed by atoms with Crippen molar-refractivity contribution in [1.82, 2.24) is 9.78 Å². The molecule has 1 heterocycles. The first-order chi connectivity index (χ1) is 14.1. The smallest absolute Gasteiger partial charge is 0.416 e. The van der Waals surface area contributed by atoms with E-state index in [1.807, 2.05) is 19.9 Å². The number of rotatable bonds is 5. The fraction of sp³-hybridized carbons (Fsp3) is 0.190. The molecule has 0 fully saturated rings. The zero-order chi connectivity index (χ0) is 21.9. The highest BCUT2D eigenvalue weighted by Gasteiger charge is 2.30. The number of halogens is 3. The Morgan fingerprint density at radius 2 is 1.83 bits per heavy atom. The molecule has 1 N–H and O–H groups in total. The Balaban J connectivity index is 1.70. The summed E-state index contributed by atoms with van der Waals surface area (Å²) in [5.74, 6) is -0.646. The molecule has 0 saturated heterocycles. The van der Waals surface area contributed by atoms with Gasteiger partial charge in [0.05, 0.1) is 11.3 Å². The van der Waals surface area contributed by atoms with E-state index in [0.717, 1.165) is 27.9 Å². The molecule has 156 valence electrons. The van der Waals surface area contributed by atoms with E-state index in [9.17, 15) is 22.8 Å². The van der Waals surface area contributed by atoms with Crippen molar-refractivity contribution < 1.29 is 22.7 Å². The summed E-state index contributed by atoms with van der Waals surface area (Å²) in [4.78, 5) is 24.2. The topological polar surface area (TPSA) is 73.2 Å². The third kappa shape index (κ3) is 5.05. The SMILES string of the molecule is Cc1ccc(-n2nc(OCC(=O)Nc3cccc(C(F)(F)F)c3)ccc2=O)cc1C. The molecule has 0 aliphatic heterocycles. The van der Waals surface area contributed by atoms with Gasteiger partial charge in [0, 0.05) is 17.8 Å². The lowest BCUT2D eigenvalue weighted by atomic mass is 10.1. The summed E-state index contributed by atoms with van der Waals surface area (Å²) in [6.07, 6.45) is -4.51. The molecule has 0 radical (unpaired) electrons. The van der Waals surface area contributed by atoms with Crippen LogP contribution in [0.25, 0.3) is 5.69 Å². The van der Waals surface area contributed by atoms with Crippen molar-refractivity contribution in [3.05, 3.63) is 81.6 Å². The molecular formula is C21H18F3N3O3. The molecule has 0 aliphatic rings. The predicted molar refractivity (Wildman–Crippen MR) is 105 cm³/mol. The zero-order valence-corrected chi connectivity index (χ0v) is 16.2. The van der Waals surface area contributed by atoms with Crippen molar-refractivity contribution in [3.8, 4) is 11.6 Å². The summed E-state index contributed by atoms with van der Waals surface area (Å²) in [7, 11) is 0. The van der Waals surface area contributed by atoms with Crippen molar-refractivity contribution in [3.63, 3.8) is 0 Å². The van der Waals surface area contributed by atoms with Crippen LogP contribution < -0.4 is 15.6 Å². The molecule has 6 nitrogen and oxygen atoms in total. The lowest BCUT2D eigenvalue weighted by molar-refractivity contribution is -0.137. The van der Waals surface area contributed by atoms with E-state index in [0.29, 0.717) is 5.69 Å². The van der Waals surface area contributed by atoms with E-state index in [1.165, 1.54) is 24.3 Å². The quantitative estimate of drug-likeness (QED) is 0.684. The minimum atomic E-state index is -4.51. The van der Waals surface area contributed by atoms with Gasteiger partial charge >= 0.3 is 6.18 Å². The maximum Gasteiger partial charge on any atom is 0.416 e. The number of hydrogen-bond acceptors (Lipinski definition) is 4. The number of aromatic nitrogens is 2. The van der Waals surface area contributed by atoms with Gasteiger partial charge in [-0.1, -0.05) is 12.1 Å². The van der Waals surface area contributed by atoms with E-state index in [-0.39, 0.29) is 17.1 Å². The molecule has 30 heavy (non-hydrogen) atoms. The first-order valence-electron chi connectivity index (χ1n) is 8.91. The van der Waals surface area contributed by atoms with Crippen LogP contribution in [0, 0.1) is 13.8 Å². The summed E-state index contributed by atoms with van der Waals surface area (Å²) in [6, 6.07) is 12.2. The van der Waals surface area contributed by atoms with Crippen LogP contribution in [0.3, 0.4) is 0 Å². The van der Waals surface area contributed by atoms with Gasteiger partial charge in [-0.05, 0) is 55.3 Å². The van der Waals surface area contributed by atoms with Crippen molar-refractivity contribution in [1.29, 1.82) is 0 Å². The van der Waals surface area contributed by atoms with Crippen molar-refractivity contribution >= 4 is 11.6 Å². The van der Waals surface area contributed by atoms with Gasteiger partial charge in [-0.2, -0.15) is 17.9 Å². The lowest BCUT2D eigenvalue weighted by Gasteiger charge is -2.11. The molecule has 9 heteroatoms. The van der Waals surface area contributed by atoms with Crippen LogP contribution in [0.15, 0.2) is 59.4 Å². The Morgan fingerprint density at radius 3 is 2.53 bits per heavy atom. The highest BCUT2D eigenvalue weighted by molar-refractivity contribution is 5.91. The standard InChI is InChI=1S/C21H18F3N3O3/c1-13-6-7-17(10-14(13)2)27-20(29)9-8-19(26-27)30-12-18(28)25-16-5-3-4-15(11-16)21(22,23)24/h3-11H,12H2,1-2H3,(H,25,28). The first kappa shape index (κ1) is 21.1. The second-order valence-electron chi connectivity index (χ2n) is 6.61. The minimum Gasteiger partial charge on any atom is -0.467 e. The van der Waals surface area contributed by atoms with Crippen LogP contribution in [0.4, 0.5) is 18.9 Å². The second-order valence-corrected chi connectivity index (χ2v) is 6.61. The molecule has 0 unspecified atom stereocenters. The Morgan fingerprint density at radius 1 is 1.07 bits per heavy atom. The number of benzene rings is 2. The van der Waals surface area contributed by atoms with E-state index >= 15 is 0 Å². The van der Waals surface area contributed by atoms with E-state index in [1.54, 1.807) is 12.1 Å². The summed E-state index contributed by atoms with van der Waals surface area (Å²) in [5, 5.41) is 6.43. The molecular weight excluding hydrogens is 399 g/mol. The van der Waals surface area contributed by atoms with Gasteiger partial charge in [-0.15, -0.1) is 5.10 Å². The maximum absolute atomic E-state index is 12.8. The minimum absolute atomic E-state index is 0.00788. The molecule has 0 bridgehead atoms. The first-order valence-corrected chi connectivity index (χ1v) is 8.91. The van der Waals surface area contributed by atoms with Crippen LogP contribution in [0.1, 0.15) is 16.7 Å². The number of ether oxygens (including phenoxy) is 1. The number of alkyl halides is 3. The fourth-order valence-corrected chi connectivity index (χ4v) is 2.62. The molecule has 0 aliphatic carbocycles. The maximum atomic E-state index is 12.8. The molecule has 3 aromatic rings. The highest BCUT2D eigenvalue weighted by Crippen LogP contribution is 2.30. The zero-order valence-electron chi connectivity index (χ0n) is 16.2. The van der Waals surface area contributed by atoms with Crippen molar-refractivity contribution in [2.75, 3.05) is 11.9 Å². The third-order valence-corrected chi connectivity index (χ3v) is 4.34. The van der Waals surface area contributed by atoms with Crippen LogP contribution in [0.2, 0.25) is 0 Å². The van der Waals surface area contributed by atoms with Gasteiger partial charge in [-0.3, -0.25) is 9.59 Å². The van der Waals surface area contributed by atoms with Crippen LogP contribution in [0.5, 0.6) is 5.88 Å². The molecule has 1 amide bonds. The molecule has 2 aromatic carbocycles. The Hall–Kier alpha value is -3.62. The van der Waals surface area contributed by atoms with E-state index < -0.39 is 24.3 Å². The second kappa shape index (κ2) is 8.40. The Bertz CT molecular complexity index is 1140. The number of carbonyl (C=O) groups excluding carboxylic acids is 1. The van der Waals surface area contributed by atoms with Crippen molar-refractivity contribution in [2.24, 2.45) is 0 Å². The monoisotopic (exact) mass is 417 g/mol. The number of anilines is 1. The van der Waals surface area contributed by atoms with Gasteiger partial charge in [0.15, 0.2) is 6.61 Å². The normalized spacial score (nSPS) is 11.2. The Labute approximate surface area is 169 Å². The van der Waals surface area contributed by atoms with Gasteiger partial charge in [0.2, 0.25) is 5.88 Å². The van der Waals surface area contributed by atoms with E-state index in [4.69, 9.17) is 4.74 Å². The summed E-state index contributed by atoms with van der Waals surface area (Å²) in [6.45, 7) is 3.36. The van der Waals surface area contributed by atoms with Crippen LogP contribution in [-0.2, 0) is 11.0 Å². The molecule has 0 saturated carbocycles. The van der Waals surface area contributed by atoms with Gasteiger partial charge in [0.1, 0.15) is 0 Å². The van der Waals surface area contributed by atoms with Gasteiger partial charge in [-0.25, -0.2) is 0 Å². The number of aryl methyl sites for hydroxylation is 2. The predicted octanol–water partition coefficient (Wildman–Crippen LogP) is 3.89. The molecule has 1 aromatic heterocycles. The largest absolute Gasteiger partial charge is 0.467 e. The number of amides is 1. The van der Waals surface area contributed by atoms with Crippen LogP contribution in [-0.4, -0.2) is 22.3 Å². The van der Waals surface area contributed by atoms with Gasteiger partial charge in [0.25, 0.3) is 11.5 Å². The lowest BCUT2D eigenvalue weighted by Crippen LogP contribution is -2.24. The van der Waals surface area contributed by atoms with E-state index in [2.05, 4.69) is 10.4 Å². The molecule has 3 rings (SSSR count). The summed E-state index contributed by atoms with van der Waals surface area (Å²) in [5.41, 5.74) is 1.33. The Kier molecular flexibility index (Phi) is 5.91. The third-order valence-electron chi connectivity index (χ3n) is 4.34. The number of carbonyl (C=O) groups is 1. The van der Waals surface area contributed by atoms with Gasteiger partial charge < -0.3 is 10.1 Å². The highest BCUT2D eigenvalue weighted by atomic mass is 19.4. The number of nitrogens with zero attached hydrogens (tertiary/aromatic N) is 2. The average Bonchev–Trinajstić information content (AvgIpc) is 2.69. The number of hydrogen-bond donors (Lipinski definition) is 1. The summed E-state index contributed by atoms with van der Waals surface area (Å²) >= 11 is 0. The molecule has 0 atom stereocenters. The summed E-state index contributed by atoms with van der Waals surface area (Å²) < 4.78 is 44.7. The average molecular weight is 417 g/mol. The fourth-order valence-electron chi connectivity index (χ4n) is 2.62. The van der Waals surface area contributed by atoms with Crippen LogP contribution >= 0.6 is 0 Å². The number of nitrogens with one attached hydrogen (secondary N) is 1.